The number of hydrogen-bond acceptors (Lipinski definition) is 7. The van der Waals surface area contributed by atoms with Gasteiger partial charge in [0.25, 0.3) is 11.4 Å². The maximum Gasteiger partial charge on any atom is 0.277 e. The van der Waals surface area contributed by atoms with Gasteiger partial charge in [0.2, 0.25) is 0 Å². The molecule has 0 bridgehead atoms. The molecule has 10 nitrogen and oxygen atoms in total. The van der Waals surface area contributed by atoms with E-state index in [1.165, 1.54) is 12.1 Å². The van der Waals surface area contributed by atoms with Crippen LogP contribution >= 0.6 is 0 Å². The minimum absolute atomic E-state index is 0.216. The third-order valence-electron chi connectivity index (χ3n) is 4.39. The van der Waals surface area contributed by atoms with Gasteiger partial charge in [-0.05, 0) is 18.1 Å². The SMILES string of the molecule is CC(C)Cn1c(-c2cc([N+](=O)[O-])cc([N+](=O)[O-])c2)nc2nc3ccccc3nc21. The van der Waals surface area contributed by atoms with Gasteiger partial charge in [-0.15, -0.1) is 0 Å². The molecular formula is C19H16N6O4. The van der Waals surface area contributed by atoms with E-state index in [2.05, 4.69) is 15.0 Å². The van der Waals surface area contributed by atoms with Crippen LogP contribution in [0.15, 0.2) is 42.5 Å². The van der Waals surface area contributed by atoms with Crippen LogP contribution < -0.4 is 0 Å². The molecule has 0 aliphatic heterocycles. The van der Waals surface area contributed by atoms with Crippen LogP contribution in [0, 0.1) is 26.1 Å². The normalized spacial score (nSPS) is 11.4. The van der Waals surface area contributed by atoms with Gasteiger partial charge in [0.1, 0.15) is 5.82 Å². The highest BCUT2D eigenvalue weighted by Crippen LogP contribution is 2.31. The molecule has 0 N–H and O–H groups in total. The number of nitro benzene ring substituents is 2. The molecule has 2 aromatic carbocycles. The van der Waals surface area contributed by atoms with Crippen LogP contribution in [0.1, 0.15) is 13.8 Å². The number of aromatic nitrogens is 4. The highest BCUT2D eigenvalue weighted by Gasteiger charge is 2.22. The van der Waals surface area contributed by atoms with Crippen LogP contribution in [0.25, 0.3) is 33.7 Å². The lowest BCUT2D eigenvalue weighted by atomic mass is 10.1. The number of nitrogens with zero attached hydrogens (tertiary/aromatic N) is 6. The molecule has 146 valence electrons. The van der Waals surface area contributed by atoms with E-state index in [4.69, 9.17) is 0 Å². The van der Waals surface area contributed by atoms with Gasteiger partial charge in [-0.3, -0.25) is 20.2 Å². The number of rotatable bonds is 5. The Labute approximate surface area is 164 Å². The Hall–Kier alpha value is -3.95. The molecule has 2 aromatic heterocycles. The quantitative estimate of drug-likeness (QED) is 0.369. The summed E-state index contributed by atoms with van der Waals surface area (Å²) in [7, 11) is 0. The minimum Gasteiger partial charge on any atom is -0.307 e. The van der Waals surface area contributed by atoms with Crippen molar-refractivity contribution in [3.63, 3.8) is 0 Å². The van der Waals surface area contributed by atoms with E-state index in [1.54, 1.807) is 0 Å². The Kier molecular flexibility index (Phi) is 4.38. The monoisotopic (exact) mass is 392 g/mol. The molecule has 0 atom stereocenters. The molecule has 4 aromatic rings. The first-order valence-corrected chi connectivity index (χ1v) is 8.90. The average molecular weight is 392 g/mol. The number of para-hydroxylation sites is 2. The van der Waals surface area contributed by atoms with Crippen molar-refractivity contribution < 1.29 is 9.85 Å². The van der Waals surface area contributed by atoms with Crippen molar-refractivity contribution in [2.24, 2.45) is 5.92 Å². The summed E-state index contributed by atoms with van der Waals surface area (Å²) >= 11 is 0. The number of fused-ring (bicyclic) bond motifs is 2. The predicted molar refractivity (Wildman–Crippen MR) is 106 cm³/mol. The molecule has 0 spiro atoms. The zero-order valence-corrected chi connectivity index (χ0v) is 15.6. The van der Waals surface area contributed by atoms with Crippen molar-refractivity contribution >= 4 is 33.7 Å². The lowest BCUT2D eigenvalue weighted by Gasteiger charge is -2.11. The summed E-state index contributed by atoms with van der Waals surface area (Å²) in [5.74, 6) is 0.573. The summed E-state index contributed by atoms with van der Waals surface area (Å²) in [5.41, 5.74) is 1.81. The average Bonchev–Trinajstić information content (AvgIpc) is 3.02. The van der Waals surface area contributed by atoms with Gasteiger partial charge in [-0.25, -0.2) is 15.0 Å². The molecular weight excluding hydrogens is 376 g/mol. The fraction of sp³-hybridized carbons (Fsp3) is 0.211. The van der Waals surface area contributed by atoms with Crippen molar-refractivity contribution in [3.8, 4) is 11.4 Å². The summed E-state index contributed by atoms with van der Waals surface area (Å²) in [6.07, 6.45) is 0. The number of benzene rings is 2. The molecule has 29 heavy (non-hydrogen) atoms. The second-order valence-electron chi connectivity index (χ2n) is 7.05. The van der Waals surface area contributed by atoms with E-state index in [9.17, 15) is 20.2 Å². The minimum atomic E-state index is -0.656. The molecule has 0 aliphatic carbocycles. The van der Waals surface area contributed by atoms with Crippen LogP contribution in [-0.2, 0) is 6.54 Å². The summed E-state index contributed by atoms with van der Waals surface area (Å²) < 4.78 is 1.81. The fourth-order valence-corrected chi connectivity index (χ4v) is 3.19. The smallest absolute Gasteiger partial charge is 0.277 e. The van der Waals surface area contributed by atoms with Gasteiger partial charge in [0.15, 0.2) is 11.3 Å². The zero-order chi connectivity index (χ0) is 20.7. The Balaban J connectivity index is 2.03. The first-order chi connectivity index (χ1) is 13.8. The molecule has 0 saturated heterocycles. The highest BCUT2D eigenvalue weighted by molar-refractivity contribution is 5.85. The fourth-order valence-electron chi connectivity index (χ4n) is 3.19. The standard InChI is InChI=1S/C19H16N6O4/c1-11(2)10-23-18(12-7-13(24(26)27)9-14(8-12)25(28)29)22-17-19(23)21-16-6-4-3-5-15(16)20-17/h3-9,11H,10H2,1-2H3. The zero-order valence-electron chi connectivity index (χ0n) is 15.6. The van der Waals surface area contributed by atoms with Gasteiger partial charge in [-0.2, -0.15) is 0 Å². The first-order valence-electron chi connectivity index (χ1n) is 8.90. The third kappa shape index (κ3) is 3.35. The van der Waals surface area contributed by atoms with E-state index in [1.807, 2.05) is 42.7 Å². The summed E-state index contributed by atoms with van der Waals surface area (Å²) in [4.78, 5) is 35.0. The van der Waals surface area contributed by atoms with Crippen LogP contribution in [0.4, 0.5) is 11.4 Å². The summed E-state index contributed by atoms with van der Waals surface area (Å²) in [6, 6.07) is 10.9. The van der Waals surface area contributed by atoms with Crippen LogP contribution in [0.5, 0.6) is 0 Å². The largest absolute Gasteiger partial charge is 0.307 e. The second kappa shape index (κ2) is 6.89. The Morgan fingerprint density at radius 1 is 0.931 bits per heavy atom. The van der Waals surface area contributed by atoms with E-state index in [0.717, 1.165) is 6.07 Å². The van der Waals surface area contributed by atoms with E-state index in [0.29, 0.717) is 34.7 Å². The molecule has 10 heteroatoms. The number of imidazole rings is 1. The Morgan fingerprint density at radius 3 is 2.07 bits per heavy atom. The molecule has 2 heterocycles. The van der Waals surface area contributed by atoms with Crippen LogP contribution in [0.2, 0.25) is 0 Å². The van der Waals surface area contributed by atoms with Gasteiger partial charge >= 0.3 is 0 Å². The van der Waals surface area contributed by atoms with Gasteiger partial charge < -0.3 is 4.57 Å². The Morgan fingerprint density at radius 2 is 1.52 bits per heavy atom. The predicted octanol–water partition coefficient (Wildman–Crippen LogP) is 4.12. The molecule has 0 amide bonds. The molecule has 4 rings (SSSR count). The first kappa shape index (κ1) is 18.4. The topological polar surface area (TPSA) is 130 Å². The van der Waals surface area contributed by atoms with E-state index >= 15 is 0 Å². The Bertz CT molecular complexity index is 1250. The molecule has 0 fully saturated rings. The van der Waals surface area contributed by atoms with E-state index < -0.39 is 9.85 Å². The molecule has 0 aliphatic rings. The number of hydrogen-bond donors (Lipinski definition) is 0. The van der Waals surface area contributed by atoms with Gasteiger partial charge in [-0.1, -0.05) is 26.0 Å². The number of non-ortho nitro benzene ring substituents is 2. The van der Waals surface area contributed by atoms with Crippen molar-refractivity contribution in [1.29, 1.82) is 0 Å². The van der Waals surface area contributed by atoms with Crippen molar-refractivity contribution in [1.82, 2.24) is 19.5 Å². The molecule has 0 saturated carbocycles. The maximum atomic E-state index is 11.3. The summed E-state index contributed by atoms with van der Waals surface area (Å²) in [6.45, 7) is 4.55. The maximum absolute atomic E-state index is 11.3. The summed E-state index contributed by atoms with van der Waals surface area (Å²) in [5, 5.41) is 22.6. The van der Waals surface area contributed by atoms with Crippen LogP contribution in [0.3, 0.4) is 0 Å². The van der Waals surface area contributed by atoms with Crippen molar-refractivity contribution in [2.45, 2.75) is 20.4 Å². The highest BCUT2D eigenvalue weighted by atomic mass is 16.6. The van der Waals surface area contributed by atoms with Gasteiger partial charge in [0, 0.05) is 24.2 Å². The number of nitro groups is 2. The van der Waals surface area contributed by atoms with Crippen LogP contribution in [-0.4, -0.2) is 29.4 Å². The second-order valence-corrected chi connectivity index (χ2v) is 7.05. The molecule has 0 radical (unpaired) electrons. The lowest BCUT2D eigenvalue weighted by Crippen LogP contribution is -2.07. The van der Waals surface area contributed by atoms with Crippen molar-refractivity contribution in [3.05, 3.63) is 62.7 Å². The third-order valence-corrected chi connectivity index (χ3v) is 4.39. The lowest BCUT2D eigenvalue weighted by molar-refractivity contribution is -0.394. The molecule has 0 unspecified atom stereocenters. The van der Waals surface area contributed by atoms with E-state index in [-0.39, 0.29) is 22.9 Å². The van der Waals surface area contributed by atoms with Crippen molar-refractivity contribution in [2.75, 3.05) is 0 Å². The van der Waals surface area contributed by atoms with Gasteiger partial charge in [0.05, 0.1) is 26.9 Å².